The molecule has 0 aromatic heterocycles. The monoisotopic (exact) mass is 325 g/mol. The highest BCUT2D eigenvalue weighted by Gasteiger charge is 2.30. The summed E-state index contributed by atoms with van der Waals surface area (Å²) < 4.78 is 43.4. The van der Waals surface area contributed by atoms with Crippen molar-refractivity contribution in [1.82, 2.24) is 0 Å². The quantitative estimate of drug-likeness (QED) is 0.548. The fraction of sp³-hybridized carbons (Fsp3) is 0.250. The van der Waals surface area contributed by atoms with E-state index in [2.05, 4.69) is 0 Å². The Morgan fingerprint density at radius 1 is 1.13 bits per heavy atom. The summed E-state index contributed by atoms with van der Waals surface area (Å²) in [6.07, 6.45) is -4.51. The van der Waals surface area contributed by atoms with Crippen LogP contribution < -0.4 is 4.74 Å². The van der Waals surface area contributed by atoms with Crippen LogP contribution in [0, 0.1) is 10.1 Å². The van der Waals surface area contributed by atoms with E-state index >= 15 is 0 Å². The summed E-state index contributed by atoms with van der Waals surface area (Å²) in [5, 5.41) is 11.2. The molecule has 0 saturated carbocycles. The van der Waals surface area contributed by atoms with Crippen LogP contribution in [-0.4, -0.2) is 4.92 Å². The third kappa shape index (κ3) is 4.00. The summed E-state index contributed by atoms with van der Waals surface area (Å²) >= 11 is 0. The molecule has 0 aliphatic heterocycles. The summed E-state index contributed by atoms with van der Waals surface area (Å²) in [4.78, 5) is 10.5. The number of hydrogen-bond acceptors (Lipinski definition) is 3. The predicted octanol–water partition coefficient (Wildman–Crippen LogP) is 5.53. The fourth-order valence-corrected chi connectivity index (χ4v) is 1.99. The molecule has 2 aromatic rings. The molecule has 7 heteroatoms. The average Bonchev–Trinajstić information content (AvgIpc) is 2.46. The smallest absolute Gasteiger partial charge is 0.416 e. The number of nitro groups is 1. The van der Waals surface area contributed by atoms with Gasteiger partial charge in [0.1, 0.15) is 5.75 Å². The van der Waals surface area contributed by atoms with Crippen LogP contribution in [0.3, 0.4) is 0 Å². The number of ether oxygens (including phenoxy) is 1. The van der Waals surface area contributed by atoms with E-state index in [1.807, 2.05) is 13.8 Å². The van der Waals surface area contributed by atoms with Gasteiger partial charge < -0.3 is 4.74 Å². The molecule has 0 aliphatic carbocycles. The van der Waals surface area contributed by atoms with Gasteiger partial charge in [0.2, 0.25) is 5.75 Å². The molecule has 0 heterocycles. The summed E-state index contributed by atoms with van der Waals surface area (Å²) in [5.41, 5.74) is -0.418. The van der Waals surface area contributed by atoms with Gasteiger partial charge in [-0.2, -0.15) is 13.2 Å². The van der Waals surface area contributed by atoms with Crippen LogP contribution in [0.2, 0.25) is 0 Å². The second-order valence-electron chi connectivity index (χ2n) is 5.27. The third-order valence-corrected chi connectivity index (χ3v) is 3.24. The van der Waals surface area contributed by atoms with Gasteiger partial charge in [0.05, 0.1) is 10.5 Å². The second kappa shape index (κ2) is 6.28. The number of nitrogens with zero attached hydrogens (tertiary/aromatic N) is 1. The first kappa shape index (κ1) is 16.8. The van der Waals surface area contributed by atoms with Crippen LogP contribution in [0.25, 0.3) is 0 Å². The topological polar surface area (TPSA) is 52.4 Å². The molecule has 0 N–H and O–H groups in total. The highest BCUT2D eigenvalue weighted by atomic mass is 19.4. The largest absolute Gasteiger partial charge is 0.450 e. The Kier molecular flexibility index (Phi) is 4.58. The van der Waals surface area contributed by atoms with Crippen LogP contribution in [0.4, 0.5) is 18.9 Å². The minimum Gasteiger partial charge on any atom is -0.450 e. The predicted molar refractivity (Wildman–Crippen MR) is 78.7 cm³/mol. The lowest BCUT2D eigenvalue weighted by molar-refractivity contribution is -0.385. The Morgan fingerprint density at radius 2 is 1.83 bits per heavy atom. The molecule has 0 atom stereocenters. The zero-order valence-corrected chi connectivity index (χ0v) is 12.4. The molecule has 0 radical (unpaired) electrons. The molecule has 0 unspecified atom stereocenters. The van der Waals surface area contributed by atoms with Crippen LogP contribution in [0.5, 0.6) is 11.5 Å². The maximum Gasteiger partial charge on any atom is 0.416 e. The normalized spacial score (nSPS) is 11.6. The van der Waals surface area contributed by atoms with Gasteiger partial charge in [0.15, 0.2) is 0 Å². The number of halogens is 3. The van der Waals surface area contributed by atoms with Gasteiger partial charge >= 0.3 is 11.9 Å². The second-order valence-corrected chi connectivity index (χ2v) is 5.27. The highest BCUT2D eigenvalue weighted by Crippen LogP contribution is 2.36. The zero-order chi connectivity index (χ0) is 17.2. The molecule has 0 spiro atoms. The summed E-state index contributed by atoms with van der Waals surface area (Å²) in [5.74, 6) is -0.129. The molecule has 0 bridgehead atoms. The number of hydrogen-bond donors (Lipinski definition) is 0. The molecule has 2 rings (SSSR count). The average molecular weight is 325 g/mol. The minimum atomic E-state index is -4.51. The van der Waals surface area contributed by atoms with Crippen LogP contribution >= 0.6 is 0 Å². The summed E-state index contributed by atoms with van der Waals surface area (Å²) in [6, 6.07) is 8.63. The lowest BCUT2D eigenvalue weighted by Gasteiger charge is -2.11. The maximum absolute atomic E-state index is 12.7. The van der Waals surface area contributed by atoms with Gasteiger partial charge in [-0.25, -0.2) is 0 Å². The van der Waals surface area contributed by atoms with Crippen LogP contribution in [-0.2, 0) is 6.18 Å². The van der Waals surface area contributed by atoms with Gasteiger partial charge in [0.25, 0.3) is 0 Å². The lowest BCUT2D eigenvalue weighted by Crippen LogP contribution is -2.04. The van der Waals surface area contributed by atoms with Gasteiger partial charge in [-0.1, -0.05) is 26.0 Å². The van der Waals surface area contributed by atoms with Crippen molar-refractivity contribution >= 4 is 5.69 Å². The van der Waals surface area contributed by atoms with E-state index in [-0.39, 0.29) is 23.1 Å². The Morgan fingerprint density at radius 3 is 2.39 bits per heavy atom. The van der Waals surface area contributed by atoms with E-state index in [0.717, 1.165) is 17.7 Å². The number of benzene rings is 2. The summed E-state index contributed by atoms with van der Waals surface area (Å²) in [7, 11) is 0. The Bertz CT molecular complexity index is 727. The van der Waals surface area contributed by atoms with E-state index < -0.39 is 16.7 Å². The van der Waals surface area contributed by atoms with Crippen molar-refractivity contribution in [2.75, 3.05) is 0 Å². The van der Waals surface area contributed by atoms with E-state index in [0.29, 0.717) is 0 Å². The van der Waals surface area contributed by atoms with Crippen molar-refractivity contribution in [3.8, 4) is 11.5 Å². The van der Waals surface area contributed by atoms with Gasteiger partial charge in [-0.15, -0.1) is 0 Å². The first-order chi connectivity index (χ1) is 10.7. The molecule has 0 fully saturated rings. The van der Waals surface area contributed by atoms with E-state index in [4.69, 9.17) is 4.74 Å². The Labute approximate surface area is 130 Å². The molecule has 2 aromatic carbocycles. The first-order valence-electron chi connectivity index (χ1n) is 6.82. The lowest BCUT2D eigenvalue weighted by atomic mass is 10.0. The number of rotatable bonds is 4. The SMILES string of the molecule is CC(C)c1ccc(Oc2cccc(C(F)(F)F)c2)c([N+](=O)[O-])c1. The first-order valence-corrected chi connectivity index (χ1v) is 6.82. The molecular weight excluding hydrogens is 311 g/mol. The molecular formula is C16H14F3NO3. The van der Waals surface area contributed by atoms with Crippen molar-refractivity contribution < 1.29 is 22.8 Å². The van der Waals surface area contributed by atoms with E-state index in [9.17, 15) is 23.3 Å². The van der Waals surface area contributed by atoms with Crippen molar-refractivity contribution in [3.63, 3.8) is 0 Å². The molecule has 0 aliphatic rings. The maximum atomic E-state index is 12.7. The molecule has 0 amide bonds. The van der Waals surface area contributed by atoms with Gasteiger partial charge in [-0.05, 0) is 35.7 Å². The highest BCUT2D eigenvalue weighted by molar-refractivity contribution is 5.51. The van der Waals surface area contributed by atoms with Crippen LogP contribution in [0.1, 0.15) is 30.9 Å². The Hall–Kier alpha value is -2.57. The van der Waals surface area contributed by atoms with Gasteiger partial charge in [0, 0.05) is 6.07 Å². The minimum absolute atomic E-state index is 0.0799. The van der Waals surface area contributed by atoms with Crippen molar-refractivity contribution in [1.29, 1.82) is 0 Å². The zero-order valence-electron chi connectivity index (χ0n) is 12.4. The fourth-order valence-electron chi connectivity index (χ4n) is 1.99. The summed E-state index contributed by atoms with van der Waals surface area (Å²) in [6.45, 7) is 3.76. The van der Waals surface area contributed by atoms with Crippen molar-refractivity contribution in [2.24, 2.45) is 0 Å². The molecule has 0 saturated heterocycles. The number of alkyl halides is 3. The van der Waals surface area contributed by atoms with Crippen molar-refractivity contribution in [2.45, 2.75) is 25.9 Å². The standard InChI is InChI=1S/C16H14F3NO3/c1-10(2)11-6-7-15(14(8-11)20(21)22)23-13-5-3-4-12(9-13)16(17,18)19/h3-10H,1-2H3. The Balaban J connectivity index is 2.38. The van der Waals surface area contributed by atoms with E-state index in [1.165, 1.54) is 24.3 Å². The van der Waals surface area contributed by atoms with Gasteiger partial charge in [-0.3, -0.25) is 10.1 Å². The third-order valence-electron chi connectivity index (χ3n) is 3.24. The molecule has 4 nitrogen and oxygen atoms in total. The van der Waals surface area contributed by atoms with Crippen molar-refractivity contribution in [3.05, 3.63) is 63.7 Å². The molecule has 23 heavy (non-hydrogen) atoms. The molecule has 122 valence electrons. The van der Waals surface area contributed by atoms with E-state index in [1.54, 1.807) is 6.07 Å². The van der Waals surface area contributed by atoms with Crippen LogP contribution in [0.15, 0.2) is 42.5 Å². The number of nitro benzene ring substituents is 1.